The molecular weight excluding hydrogens is 207 g/mol. The van der Waals surface area contributed by atoms with Gasteiger partial charge < -0.3 is 5.32 Å². The average Bonchev–Trinajstić information content (AvgIpc) is 2.65. The maximum atomic E-state index is 12.9. The molecular formula is C11H13FN4. The molecule has 16 heavy (non-hydrogen) atoms. The number of nitrogens with zero attached hydrogens (tertiary/aromatic N) is 3. The van der Waals surface area contributed by atoms with Crippen LogP contribution in [0.4, 0.5) is 4.39 Å². The number of aryl methyl sites for hydroxylation is 1. The number of benzene rings is 1. The van der Waals surface area contributed by atoms with Gasteiger partial charge in [-0.25, -0.2) is 4.39 Å². The highest BCUT2D eigenvalue weighted by Gasteiger charge is 1.99. The lowest BCUT2D eigenvalue weighted by atomic mass is 10.2. The largest absolute Gasteiger partial charge is 0.307 e. The first kappa shape index (κ1) is 10.8. The summed E-state index contributed by atoms with van der Waals surface area (Å²) >= 11 is 0. The van der Waals surface area contributed by atoms with Crippen LogP contribution in [0.5, 0.6) is 0 Å². The van der Waals surface area contributed by atoms with Gasteiger partial charge in [-0.15, -0.1) is 5.10 Å². The molecule has 0 fully saturated rings. The van der Waals surface area contributed by atoms with E-state index < -0.39 is 0 Å². The van der Waals surface area contributed by atoms with Gasteiger partial charge in [0.25, 0.3) is 0 Å². The lowest BCUT2D eigenvalue weighted by Crippen LogP contribution is -2.15. The number of aromatic nitrogens is 3. The second-order valence-electron chi connectivity index (χ2n) is 3.58. The molecule has 2 rings (SSSR count). The summed E-state index contributed by atoms with van der Waals surface area (Å²) in [5.41, 5.74) is 1.92. The van der Waals surface area contributed by atoms with E-state index in [0.29, 0.717) is 13.1 Å². The van der Waals surface area contributed by atoms with Gasteiger partial charge in [0.05, 0.1) is 11.9 Å². The molecule has 0 saturated heterocycles. The minimum Gasteiger partial charge on any atom is -0.307 e. The van der Waals surface area contributed by atoms with Crippen molar-refractivity contribution in [1.29, 1.82) is 0 Å². The van der Waals surface area contributed by atoms with Crippen molar-refractivity contribution in [2.75, 3.05) is 0 Å². The van der Waals surface area contributed by atoms with Crippen LogP contribution in [0.25, 0.3) is 0 Å². The standard InChI is InChI=1S/C11H13FN4/c1-16-11(8-14-15-16)7-13-6-9-3-2-4-10(12)5-9/h2-5,8,13H,6-7H2,1H3. The molecule has 0 aliphatic rings. The zero-order chi connectivity index (χ0) is 11.4. The highest BCUT2D eigenvalue weighted by atomic mass is 19.1. The number of nitrogens with one attached hydrogen (secondary N) is 1. The van der Waals surface area contributed by atoms with Crippen LogP contribution in [0, 0.1) is 5.82 Å². The first-order valence-corrected chi connectivity index (χ1v) is 5.04. The summed E-state index contributed by atoms with van der Waals surface area (Å²) in [7, 11) is 1.84. The maximum absolute atomic E-state index is 12.9. The Morgan fingerprint density at radius 3 is 2.94 bits per heavy atom. The molecule has 0 spiro atoms. The smallest absolute Gasteiger partial charge is 0.123 e. The van der Waals surface area contributed by atoms with Crippen molar-refractivity contribution in [2.24, 2.45) is 7.05 Å². The number of rotatable bonds is 4. The predicted molar refractivity (Wildman–Crippen MR) is 57.9 cm³/mol. The summed E-state index contributed by atoms with van der Waals surface area (Å²) in [5.74, 6) is -0.207. The van der Waals surface area contributed by atoms with Gasteiger partial charge in [-0.2, -0.15) is 0 Å². The highest BCUT2D eigenvalue weighted by molar-refractivity contribution is 5.16. The third-order valence-corrected chi connectivity index (χ3v) is 2.33. The fraction of sp³-hybridized carbons (Fsp3) is 0.273. The Hall–Kier alpha value is -1.75. The number of halogens is 1. The zero-order valence-electron chi connectivity index (χ0n) is 9.02. The average molecular weight is 220 g/mol. The van der Waals surface area contributed by atoms with Crippen LogP contribution in [0.15, 0.2) is 30.5 Å². The Morgan fingerprint density at radius 1 is 1.38 bits per heavy atom. The molecule has 0 unspecified atom stereocenters. The molecule has 0 atom stereocenters. The minimum atomic E-state index is -0.207. The van der Waals surface area contributed by atoms with E-state index in [1.807, 2.05) is 13.1 Å². The lowest BCUT2D eigenvalue weighted by molar-refractivity contribution is 0.606. The first-order chi connectivity index (χ1) is 7.75. The van der Waals surface area contributed by atoms with Crippen molar-refractivity contribution >= 4 is 0 Å². The molecule has 2 aromatic rings. The van der Waals surface area contributed by atoms with Crippen molar-refractivity contribution in [3.63, 3.8) is 0 Å². The van der Waals surface area contributed by atoms with E-state index in [1.165, 1.54) is 12.1 Å². The highest BCUT2D eigenvalue weighted by Crippen LogP contribution is 2.03. The molecule has 5 heteroatoms. The predicted octanol–water partition coefficient (Wildman–Crippen LogP) is 1.24. The van der Waals surface area contributed by atoms with Crippen LogP contribution < -0.4 is 5.32 Å². The summed E-state index contributed by atoms with van der Waals surface area (Å²) in [6.45, 7) is 1.29. The van der Waals surface area contributed by atoms with Crippen molar-refractivity contribution in [1.82, 2.24) is 20.3 Å². The van der Waals surface area contributed by atoms with Crippen molar-refractivity contribution < 1.29 is 4.39 Å². The van der Waals surface area contributed by atoms with Crippen molar-refractivity contribution in [3.8, 4) is 0 Å². The molecule has 1 aromatic heterocycles. The monoisotopic (exact) mass is 220 g/mol. The van der Waals surface area contributed by atoms with Crippen LogP contribution >= 0.6 is 0 Å². The Balaban J connectivity index is 1.87. The summed E-state index contributed by atoms with van der Waals surface area (Å²) in [6, 6.07) is 6.55. The van der Waals surface area contributed by atoms with E-state index in [9.17, 15) is 4.39 Å². The maximum Gasteiger partial charge on any atom is 0.123 e. The van der Waals surface area contributed by atoms with Crippen LogP contribution in [0.1, 0.15) is 11.3 Å². The van der Waals surface area contributed by atoms with E-state index in [2.05, 4.69) is 15.6 Å². The van der Waals surface area contributed by atoms with Crippen LogP contribution in [0.2, 0.25) is 0 Å². The summed E-state index contributed by atoms with van der Waals surface area (Å²) < 4.78 is 14.6. The second-order valence-corrected chi connectivity index (χ2v) is 3.58. The molecule has 0 aliphatic heterocycles. The van der Waals surface area contributed by atoms with Crippen molar-refractivity contribution in [2.45, 2.75) is 13.1 Å². The van der Waals surface area contributed by atoms with Gasteiger partial charge in [0.15, 0.2) is 0 Å². The number of hydrogen-bond donors (Lipinski definition) is 1. The van der Waals surface area contributed by atoms with Crippen LogP contribution in [-0.4, -0.2) is 15.0 Å². The minimum absolute atomic E-state index is 0.207. The van der Waals surface area contributed by atoms with E-state index in [-0.39, 0.29) is 5.82 Å². The zero-order valence-corrected chi connectivity index (χ0v) is 9.02. The summed E-state index contributed by atoms with van der Waals surface area (Å²) in [6.07, 6.45) is 1.71. The molecule has 84 valence electrons. The van der Waals surface area contributed by atoms with Gasteiger partial charge in [0.2, 0.25) is 0 Å². The quantitative estimate of drug-likeness (QED) is 0.843. The Kier molecular flexibility index (Phi) is 3.26. The van der Waals surface area contributed by atoms with E-state index >= 15 is 0 Å². The van der Waals surface area contributed by atoms with E-state index in [0.717, 1.165) is 11.3 Å². The topological polar surface area (TPSA) is 42.7 Å². The fourth-order valence-corrected chi connectivity index (χ4v) is 1.45. The van der Waals surface area contributed by atoms with Gasteiger partial charge in [0, 0.05) is 20.1 Å². The van der Waals surface area contributed by atoms with Gasteiger partial charge in [-0.05, 0) is 17.7 Å². The normalized spacial score (nSPS) is 10.6. The molecule has 0 amide bonds. The SMILES string of the molecule is Cn1nncc1CNCc1cccc(F)c1. The van der Waals surface area contributed by atoms with Gasteiger partial charge in [-0.3, -0.25) is 4.68 Å². The summed E-state index contributed by atoms with van der Waals surface area (Å²) in [5, 5.41) is 10.8. The van der Waals surface area contributed by atoms with E-state index in [1.54, 1.807) is 16.9 Å². The van der Waals surface area contributed by atoms with Crippen molar-refractivity contribution in [3.05, 3.63) is 47.5 Å². The Labute approximate surface area is 93.1 Å². The second kappa shape index (κ2) is 4.85. The molecule has 1 aromatic carbocycles. The van der Waals surface area contributed by atoms with Gasteiger partial charge in [-0.1, -0.05) is 17.3 Å². The fourth-order valence-electron chi connectivity index (χ4n) is 1.45. The molecule has 1 heterocycles. The van der Waals surface area contributed by atoms with E-state index in [4.69, 9.17) is 0 Å². The Morgan fingerprint density at radius 2 is 2.25 bits per heavy atom. The molecule has 0 saturated carbocycles. The third-order valence-electron chi connectivity index (χ3n) is 2.33. The third kappa shape index (κ3) is 2.64. The molecule has 0 aliphatic carbocycles. The van der Waals surface area contributed by atoms with Gasteiger partial charge >= 0.3 is 0 Å². The molecule has 0 bridgehead atoms. The van der Waals surface area contributed by atoms with Gasteiger partial charge in [0.1, 0.15) is 5.82 Å². The summed E-state index contributed by atoms with van der Waals surface area (Å²) in [4.78, 5) is 0. The number of hydrogen-bond acceptors (Lipinski definition) is 3. The van der Waals surface area contributed by atoms with Crippen LogP contribution in [0.3, 0.4) is 0 Å². The lowest BCUT2D eigenvalue weighted by Gasteiger charge is -2.04. The first-order valence-electron chi connectivity index (χ1n) is 5.04. The Bertz CT molecular complexity index is 467. The molecule has 0 radical (unpaired) electrons. The molecule has 1 N–H and O–H groups in total. The molecule has 4 nitrogen and oxygen atoms in total. The van der Waals surface area contributed by atoms with Crippen LogP contribution in [-0.2, 0) is 20.1 Å².